The van der Waals surface area contributed by atoms with Crippen LogP contribution in [-0.4, -0.2) is 22.2 Å². The number of nitrogens with zero attached hydrogens (tertiary/aromatic N) is 1. The molecule has 0 aliphatic rings. The minimum Gasteiger partial charge on any atom is -0.504 e. The van der Waals surface area contributed by atoms with Crippen molar-refractivity contribution in [2.45, 2.75) is 6.42 Å². The summed E-state index contributed by atoms with van der Waals surface area (Å²) in [5.41, 5.74) is 1.98. The molecule has 0 aliphatic carbocycles. The monoisotopic (exact) mass is 306 g/mol. The number of hydrogen-bond donors (Lipinski definition) is 2. The standard InChI is InChI=1S/C15H12ClFN2O2/c1-21-14-3-8(12(17)5-13(14)20)2-9-6-18-15-11(9)4-10(16)7-19-15/h3-7,20H,2H2,1H3,(H,18,19). The summed E-state index contributed by atoms with van der Waals surface area (Å²) >= 11 is 5.95. The Morgan fingerprint density at radius 3 is 2.90 bits per heavy atom. The molecule has 0 fully saturated rings. The quantitative estimate of drug-likeness (QED) is 0.776. The lowest BCUT2D eigenvalue weighted by Crippen LogP contribution is -1.94. The van der Waals surface area contributed by atoms with Gasteiger partial charge in [-0.1, -0.05) is 11.6 Å². The van der Waals surface area contributed by atoms with Crippen LogP contribution in [0.15, 0.2) is 30.6 Å². The Kier molecular flexibility index (Phi) is 3.43. The maximum absolute atomic E-state index is 14.0. The molecule has 1 aromatic carbocycles. The van der Waals surface area contributed by atoms with Crippen molar-refractivity contribution >= 4 is 22.6 Å². The third kappa shape index (κ3) is 2.52. The van der Waals surface area contributed by atoms with Crippen molar-refractivity contribution in [1.29, 1.82) is 0 Å². The smallest absolute Gasteiger partial charge is 0.160 e. The van der Waals surface area contributed by atoms with E-state index in [0.29, 0.717) is 22.7 Å². The molecule has 6 heteroatoms. The Morgan fingerprint density at radius 2 is 2.14 bits per heavy atom. The zero-order valence-electron chi connectivity index (χ0n) is 11.2. The largest absolute Gasteiger partial charge is 0.504 e. The molecule has 3 rings (SSSR count). The van der Waals surface area contributed by atoms with Gasteiger partial charge in [-0.3, -0.25) is 0 Å². The van der Waals surface area contributed by atoms with Crippen LogP contribution < -0.4 is 4.74 Å². The maximum Gasteiger partial charge on any atom is 0.160 e. The van der Waals surface area contributed by atoms with Crippen LogP contribution in [0.25, 0.3) is 11.0 Å². The SMILES string of the molecule is COc1cc(Cc2c[nH]c3ncc(Cl)cc23)c(F)cc1O. The average molecular weight is 307 g/mol. The molecular weight excluding hydrogens is 295 g/mol. The zero-order chi connectivity index (χ0) is 15.0. The Bertz CT molecular complexity index is 817. The highest BCUT2D eigenvalue weighted by Gasteiger charge is 2.13. The van der Waals surface area contributed by atoms with E-state index in [2.05, 4.69) is 9.97 Å². The Balaban J connectivity index is 2.04. The van der Waals surface area contributed by atoms with Gasteiger partial charge in [0.15, 0.2) is 11.5 Å². The molecule has 0 spiro atoms. The molecule has 0 bridgehead atoms. The highest BCUT2D eigenvalue weighted by atomic mass is 35.5. The van der Waals surface area contributed by atoms with Crippen LogP contribution in [0.1, 0.15) is 11.1 Å². The number of aromatic hydroxyl groups is 1. The average Bonchev–Trinajstić information content (AvgIpc) is 2.84. The molecule has 2 aromatic heterocycles. The topological polar surface area (TPSA) is 58.1 Å². The second-order valence-corrected chi connectivity index (χ2v) is 5.09. The third-order valence-corrected chi connectivity index (χ3v) is 3.52. The highest BCUT2D eigenvalue weighted by molar-refractivity contribution is 6.31. The minimum atomic E-state index is -0.488. The predicted octanol–water partition coefficient (Wildman–Crippen LogP) is 3.66. The molecule has 0 amide bonds. The zero-order valence-corrected chi connectivity index (χ0v) is 11.9. The number of aromatic amines is 1. The van der Waals surface area contributed by atoms with E-state index in [-0.39, 0.29) is 11.5 Å². The van der Waals surface area contributed by atoms with Crippen LogP contribution in [0.3, 0.4) is 0 Å². The second kappa shape index (κ2) is 5.26. The molecule has 0 atom stereocenters. The maximum atomic E-state index is 14.0. The van der Waals surface area contributed by atoms with E-state index in [1.54, 1.807) is 18.5 Å². The molecule has 2 heterocycles. The number of rotatable bonds is 3. The molecule has 21 heavy (non-hydrogen) atoms. The number of phenols is 1. The van der Waals surface area contributed by atoms with Crippen LogP contribution in [0, 0.1) is 5.82 Å². The van der Waals surface area contributed by atoms with Gasteiger partial charge in [-0.25, -0.2) is 9.37 Å². The molecular formula is C15H12ClFN2O2. The van der Waals surface area contributed by atoms with E-state index in [0.717, 1.165) is 17.0 Å². The fourth-order valence-electron chi connectivity index (χ4n) is 2.27. The van der Waals surface area contributed by atoms with E-state index in [4.69, 9.17) is 16.3 Å². The van der Waals surface area contributed by atoms with Crippen molar-refractivity contribution in [3.63, 3.8) is 0 Å². The molecule has 0 saturated heterocycles. The van der Waals surface area contributed by atoms with Gasteiger partial charge in [-0.05, 0) is 23.3 Å². The number of aromatic nitrogens is 2. The number of hydrogen-bond acceptors (Lipinski definition) is 3. The van der Waals surface area contributed by atoms with Gasteiger partial charge >= 0.3 is 0 Å². The summed E-state index contributed by atoms with van der Waals surface area (Å²) in [5.74, 6) is -0.470. The number of halogens is 2. The second-order valence-electron chi connectivity index (χ2n) is 4.66. The normalized spacial score (nSPS) is 11.0. The molecule has 3 aromatic rings. The lowest BCUT2D eigenvalue weighted by atomic mass is 10.0. The van der Waals surface area contributed by atoms with Crippen molar-refractivity contribution < 1.29 is 14.2 Å². The summed E-state index contributed by atoms with van der Waals surface area (Å²) in [6.07, 6.45) is 3.66. The lowest BCUT2D eigenvalue weighted by Gasteiger charge is -2.08. The van der Waals surface area contributed by atoms with Gasteiger partial charge in [0.1, 0.15) is 11.5 Å². The first-order valence-electron chi connectivity index (χ1n) is 6.25. The van der Waals surface area contributed by atoms with E-state index < -0.39 is 5.82 Å². The fraction of sp³-hybridized carbons (Fsp3) is 0.133. The third-order valence-electron chi connectivity index (χ3n) is 3.31. The van der Waals surface area contributed by atoms with Gasteiger partial charge in [0.2, 0.25) is 0 Å². The summed E-state index contributed by atoms with van der Waals surface area (Å²) in [6, 6.07) is 4.32. The van der Waals surface area contributed by atoms with E-state index >= 15 is 0 Å². The molecule has 108 valence electrons. The van der Waals surface area contributed by atoms with Crippen LogP contribution in [0.5, 0.6) is 11.5 Å². The number of pyridine rings is 1. The summed E-state index contributed by atoms with van der Waals surface area (Å²) in [7, 11) is 1.42. The Hall–Kier alpha value is -2.27. The summed E-state index contributed by atoms with van der Waals surface area (Å²) in [4.78, 5) is 7.19. The van der Waals surface area contributed by atoms with Gasteiger partial charge in [0.05, 0.1) is 12.1 Å². The first kappa shape index (κ1) is 13.7. The van der Waals surface area contributed by atoms with Gasteiger partial charge in [-0.2, -0.15) is 0 Å². The lowest BCUT2D eigenvalue weighted by molar-refractivity contribution is 0.370. The molecule has 0 saturated carbocycles. The number of H-pyrrole nitrogens is 1. The molecule has 0 unspecified atom stereocenters. The van der Waals surface area contributed by atoms with Crippen LogP contribution in [0.4, 0.5) is 4.39 Å². The number of phenolic OH excluding ortho intramolecular Hbond substituents is 1. The van der Waals surface area contributed by atoms with Gasteiger partial charge in [0, 0.05) is 30.3 Å². The fourth-order valence-corrected chi connectivity index (χ4v) is 2.43. The van der Waals surface area contributed by atoms with Crippen LogP contribution in [-0.2, 0) is 6.42 Å². The van der Waals surface area contributed by atoms with Gasteiger partial charge in [0.25, 0.3) is 0 Å². The van der Waals surface area contributed by atoms with Crippen molar-refractivity contribution in [2.75, 3.05) is 7.11 Å². The number of ether oxygens (including phenoxy) is 1. The number of fused-ring (bicyclic) bond motifs is 1. The summed E-state index contributed by atoms with van der Waals surface area (Å²) in [6.45, 7) is 0. The first-order chi connectivity index (χ1) is 10.1. The number of nitrogens with one attached hydrogen (secondary N) is 1. The highest BCUT2D eigenvalue weighted by Crippen LogP contribution is 2.31. The number of benzene rings is 1. The van der Waals surface area contributed by atoms with Gasteiger partial charge < -0.3 is 14.8 Å². The summed E-state index contributed by atoms with van der Waals surface area (Å²) < 4.78 is 19.0. The van der Waals surface area contributed by atoms with E-state index in [1.165, 1.54) is 13.2 Å². The minimum absolute atomic E-state index is 0.220. The molecule has 0 aliphatic heterocycles. The Labute approximate surface area is 125 Å². The van der Waals surface area contributed by atoms with Crippen molar-refractivity contribution in [2.24, 2.45) is 0 Å². The molecule has 0 radical (unpaired) electrons. The van der Waals surface area contributed by atoms with Crippen molar-refractivity contribution in [3.05, 3.63) is 52.6 Å². The van der Waals surface area contributed by atoms with Gasteiger partial charge in [-0.15, -0.1) is 0 Å². The predicted molar refractivity (Wildman–Crippen MR) is 78.5 cm³/mol. The first-order valence-corrected chi connectivity index (χ1v) is 6.63. The van der Waals surface area contributed by atoms with E-state index in [1.807, 2.05) is 0 Å². The summed E-state index contributed by atoms with van der Waals surface area (Å²) in [5, 5.41) is 10.9. The Morgan fingerprint density at radius 1 is 1.33 bits per heavy atom. The van der Waals surface area contributed by atoms with Crippen LogP contribution >= 0.6 is 11.6 Å². The molecule has 4 nitrogen and oxygen atoms in total. The van der Waals surface area contributed by atoms with Crippen molar-refractivity contribution in [3.8, 4) is 11.5 Å². The molecule has 2 N–H and O–H groups in total. The van der Waals surface area contributed by atoms with Crippen molar-refractivity contribution in [1.82, 2.24) is 9.97 Å². The van der Waals surface area contributed by atoms with Crippen LogP contribution in [0.2, 0.25) is 5.02 Å². The number of methoxy groups -OCH3 is 1. The van der Waals surface area contributed by atoms with E-state index in [9.17, 15) is 9.50 Å².